The van der Waals surface area contributed by atoms with Gasteiger partial charge in [-0.05, 0) is 46.6 Å². The van der Waals surface area contributed by atoms with Gasteiger partial charge in [0.15, 0.2) is 0 Å². The molecule has 0 atom stereocenters. The number of hydrogen-bond acceptors (Lipinski definition) is 2. The number of benzene rings is 1. The van der Waals surface area contributed by atoms with Crippen molar-refractivity contribution in [3.63, 3.8) is 0 Å². The summed E-state index contributed by atoms with van der Waals surface area (Å²) in [5, 5.41) is 3.91. The number of pyridine rings is 1. The van der Waals surface area contributed by atoms with Crippen LogP contribution < -0.4 is 5.32 Å². The molecule has 2 rings (SSSR count). The van der Waals surface area contributed by atoms with Crippen LogP contribution in [-0.2, 0) is 6.42 Å². The molecular weight excluding hydrogens is 300 g/mol. The smallest absolute Gasteiger partial charge is 0.145 e. The van der Waals surface area contributed by atoms with Gasteiger partial charge >= 0.3 is 0 Å². The van der Waals surface area contributed by atoms with Crippen LogP contribution in [0.4, 0.5) is 11.5 Å². The first-order valence-electron chi connectivity index (χ1n) is 5.37. The van der Waals surface area contributed by atoms with Crippen LogP contribution in [0.3, 0.4) is 0 Å². The molecule has 0 saturated heterocycles. The van der Waals surface area contributed by atoms with E-state index in [1.54, 1.807) is 0 Å². The fraction of sp³-hybridized carbons (Fsp3) is 0.154. The maximum absolute atomic E-state index is 6.09. The van der Waals surface area contributed by atoms with E-state index in [2.05, 4.69) is 33.2 Å². The highest BCUT2D eigenvalue weighted by Crippen LogP contribution is 2.28. The molecule has 1 aromatic heterocycles. The molecule has 2 nitrogen and oxygen atoms in total. The lowest BCUT2D eigenvalue weighted by molar-refractivity contribution is 1.03. The molecule has 88 valence electrons. The van der Waals surface area contributed by atoms with Crippen LogP contribution in [0.25, 0.3) is 0 Å². The molecule has 0 radical (unpaired) electrons. The Labute approximate surface area is 114 Å². The molecule has 4 heteroatoms. The molecule has 0 bridgehead atoms. The number of rotatable bonds is 3. The largest absolute Gasteiger partial charge is 0.338 e. The third-order valence-electron chi connectivity index (χ3n) is 2.39. The lowest BCUT2D eigenvalue weighted by atomic mass is 10.3. The summed E-state index contributed by atoms with van der Waals surface area (Å²) < 4.78 is 0.926. The van der Waals surface area contributed by atoms with Gasteiger partial charge in [-0.15, -0.1) is 0 Å². The molecule has 1 aromatic carbocycles. The van der Waals surface area contributed by atoms with Gasteiger partial charge in [0.05, 0.1) is 15.2 Å². The monoisotopic (exact) mass is 310 g/mol. The lowest BCUT2D eigenvalue weighted by Gasteiger charge is -2.10. The van der Waals surface area contributed by atoms with Gasteiger partial charge in [0.25, 0.3) is 0 Å². The summed E-state index contributed by atoms with van der Waals surface area (Å²) in [4.78, 5) is 4.51. The summed E-state index contributed by atoms with van der Waals surface area (Å²) in [7, 11) is 0. The molecule has 0 fully saturated rings. The van der Waals surface area contributed by atoms with Gasteiger partial charge in [-0.1, -0.05) is 30.7 Å². The summed E-state index contributed by atoms with van der Waals surface area (Å²) in [5.41, 5.74) is 1.90. The van der Waals surface area contributed by atoms with Crippen LogP contribution in [-0.4, -0.2) is 4.98 Å². The third kappa shape index (κ3) is 2.99. The van der Waals surface area contributed by atoms with E-state index in [-0.39, 0.29) is 0 Å². The Morgan fingerprint density at radius 1 is 1.24 bits per heavy atom. The fourth-order valence-electron chi connectivity index (χ4n) is 1.46. The van der Waals surface area contributed by atoms with Crippen LogP contribution >= 0.6 is 27.5 Å². The Morgan fingerprint density at radius 3 is 2.71 bits per heavy atom. The fourth-order valence-corrected chi connectivity index (χ4v) is 1.96. The Morgan fingerprint density at radius 2 is 2.00 bits per heavy atom. The SMILES string of the molecule is CCc1ccc(Br)c(Nc2ccccc2Cl)n1. The molecule has 2 aromatic rings. The van der Waals surface area contributed by atoms with Gasteiger partial charge in [-0.2, -0.15) is 0 Å². The Balaban J connectivity index is 2.32. The molecular formula is C13H12BrClN2. The van der Waals surface area contributed by atoms with Crippen LogP contribution in [0.5, 0.6) is 0 Å². The van der Waals surface area contributed by atoms with Crippen LogP contribution in [0.15, 0.2) is 40.9 Å². The summed E-state index contributed by atoms with van der Waals surface area (Å²) in [6.45, 7) is 2.08. The van der Waals surface area contributed by atoms with Gasteiger partial charge in [0, 0.05) is 5.69 Å². The Hall–Kier alpha value is -1.06. The third-order valence-corrected chi connectivity index (χ3v) is 3.36. The summed E-state index contributed by atoms with van der Waals surface area (Å²) in [5.74, 6) is 0.789. The second-order valence-corrected chi connectivity index (χ2v) is 4.85. The minimum absolute atomic E-state index is 0.683. The topological polar surface area (TPSA) is 24.9 Å². The number of aromatic nitrogens is 1. The number of nitrogens with one attached hydrogen (secondary N) is 1. The van der Waals surface area contributed by atoms with Crippen LogP contribution in [0, 0.1) is 0 Å². The van der Waals surface area contributed by atoms with Crippen molar-refractivity contribution >= 4 is 39.0 Å². The quantitative estimate of drug-likeness (QED) is 0.880. The minimum Gasteiger partial charge on any atom is -0.338 e. The molecule has 0 aliphatic heterocycles. The van der Waals surface area contributed by atoms with Crippen LogP contribution in [0.2, 0.25) is 5.02 Å². The van der Waals surface area contributed by atoms with Crippen molar-refractivity contribution in [2.45, 2.75) is 13.3 Å². The second kappa shape index (κ2) is 5.52. The average molecular weight is 312 g/mol. The van der Waals surface area contributed by atoms with E-state index in [4.69, 9.17) is 11.6 Å². The first-order valence-corrected chi connectivity index (χ1v) is 6.54. The van der Waals surface area contributed by atoms with E-state index in [1.807, 2.05) is 36.4 Å². The predicted molar refractivity (Wildman–Crippen MR) is 76.0 cm³/mol. The maximum atomic E-state index is 6.09. The molecule has 0 spiro atoms. The van der Waals surface area contributed by atoms with Crippen molar-refractivity contribution in [3.8, 4) is 0 Å². The summed E-state index contributed by atoms with van der Waals surface area (Å²) >= 11 is 9.57. The summed E-state index contributed by atoms with van der Waals surface area (Å²) in [6.07, 6.45) is 0.907. The average Bonchev–Trinajstić information content (AvgIpc) is 2.35. The van der Waals surface area contributed by atoms with E-state index >= 15 is 0 Å². The van der Waals surface area contributed by atoms with Gasteiger partial charge in [-0.25, -0.2) is 4.98 Å². The second-order valence-electron chi connectivity index (χ2n) is 3.59. The number of hydrogen-bond donors (Lipinski definition) is 1. The Bertz CT molecular complexity index is 529. The number of nitrogens with zero attached hydrogens (tertiary/aromatic N) is 1. The normalized spacial score (nSPS) is 10.3. The predicted octanol–water partition coefficient (Wildman–Crippen LogP) is 4.80. The number of para-hydroxylation sites is 1. The highest BCUT2D eigenvalue weighted by atomic mass is 79.9. The van der Waals surface area contributed by atoms with Crippen molar-refractivity contribution < 1.29 is 0 Å². The number of halogens is 2. The lowest BCUT2D eigenvalue weighted by Crippen LogP contribution is -1.98. The molecule has 0 saturated carbocycles. The van der Waals surface area contributed by atoms with Crippen molar-refractivity contribution in [2.75, 3.05) is 5.32 Å². The molecule has 0 amide bonds. The van der Waals surface area contributed by atoms with E-state index in [9.17, 15) is 0 Å². The molecule has 17 heavy (non-hydrogen) atoms. The van der Waals surface area contributed by atoms with Crippen molar-refractivity contribution in [1.82, 2.24) is 4.98 Å². The molecule has 0 aliphatic carbocycles. The highest BCUT2D eigenvalue weighted by molar-refractivity contribution is 9.10. The van der Waals surface area contributed by atoms with Crippen molar-refractivity contribution in [1.29, 1.82) is 0 Å². The summed E-state index contributed by atoms with van der Waals surface area (Å²) in [6, 6.07) is 11.6. The van der Waals surface area contributed by atoms with Crippen molar-refractivity contribution in [2.24, 2.45) is 0 Å². The maximum Gasteiger partial charge on any atom is 0.145 e. The Kier molecular flexibility index (Phi) is 4.02. The van der Waals surface area contributed by atoms with E-state index in [1.165, 1.54) is 0 Å². The molecule has 1 heterocycles. The van der Waals surface area contributed by atoms with Gasteiger partial charge in [0.1, 0.15) is 5.82 Å². The zero-order chi connectivity index (χ0) is 12.3. The molecule has 1 N–H and O–H groups in total. The van der Waals surface area contributed by atoms with Gasteiger partial charge < -0.3 is 5.32 Å². The number of anilines is 2. The van der Waals surface area contributed by atoms with Crippen LogP contribution in [0.1, 0.15) is 12.6 Å². The minimum atomic E-state index is 0.683. The van der Waals surface area contributed by atoms with E-state index < -0.39 is 0 Å². The first kappa shape index (κ1) is 12.4. The van der Waals surface area contributed by atoms with Crippen molar-refractivity contribution in [3.05, 3.63) is 51.6 Å². The van der Waals surface area contributed by atoms with E-state index in [0.717, 1.165) is 28.1 Å². The van der Waals surface area contributed by atoms with Gasteiger partial charge in [-0.3, -0.25) is 0 Å². The number of aryl methyl sites for hydroxylation is 1. The molecule has 0 aliphatic rings. The van der Waals surface area contributed by atoms with E-state index in [0.29, 0.717) is 5.02 Å². The highest BCUT2D eigenvalue weighted by Gasteiger charge is 2.05. The van der Waals surface area contributed by atoms with Gasteiger partial charge in [0.2, 0.25) is 0 Å². The zero-order valence-electron chi connectivity index (χ0n) is 9.37. The zero-order valence-corrected chi connectivity index (χ0v) is 11.7. The first-order chi connectivity index (χ1) is 8.20. The molecule has 0 unspecified atom stereocenters. The standard InChI is InChI=1S/C13H12BrClN2/c1-2-9-7-8-10(14)13(16-9)17-12-6-4-3-5-11(12)15/h3-8H,2H2,1H3,(H,16,17).